The zero-order valence-corrected chi connectivity index (χ0v) is 16.7. The number of piperidine rings is 1. The Morgan fingerprint density at radius 2 is 2.07 bits per heavy atom. The molecule has 0 bridgehead atoms. The van der Waals surface area contributed by atoms with Crippen molar-refractivity contribution >= 4 is 5.91 Å². The van der Waals surface area contributed by atoms with Crippen molar-refractivity contribution < 1.29 is 9.21 Å². The fourth-order valence-electron chi connectivity index (χ4n) is 4.26. The van der Waals surface area contributed by atoms with Crippen LogP contribution in [0, 0.1) is 11.8 Å². The molecule has 3 unspecified atom stereocenters. The molecular weight excluding hydrogens is 350 g/mol. The van der Waals surface area contributed by atoms with Crippen molar-refractivity contribution in [3.8, 4) is 0 Å². The second-order valence-corrected chi connectivity index (χ2v) is 8.52. The average molecular weight is 382 g/mol. The first-order valence-electron chi connectivity index (χ1n) is 10.5. The monoisotopic (exact) mass is 381 g/mol. The summed E-state index contributed by atoms with van der Waals surface area (Å²) in [4.78, 5) is 13.8. The van der Waals surface area contributed by atoms with E-state index in [9.17, 15) is 4.79 Å². The van der Waals surface area contributed by atoms with Crippen LogP contribution >= 0.6 is 0 Å². The van der Waals surface area contributed by atoms with E-state index in [1.165, 1.54) is 17.5 Å². The number of amides is 1. The highest BCUT2D eigenvalue weighted by Gasteiger charge is 2.36. The van der Waals surface area contributed by atoms with Crippen molar-refractivity contribution in [2.75, 3.05) is 13.1 Å². The summed E-state index contributed by atoms with van der Waals surface area (Å²) in [7, 11) is 0. The third kappa shape index (κ3) is 4.83. The van der Waals surface area contributed by atoms with Crippen LogP contribution in [0.4, 0.5) is 0 Å². The molecule has 4 rings (SSSR count). The molecular formula is C23H31N3O2. The van der Waals surface area contributed by atoms with E-state index in [4.69, 9.17) is 10.2 Å². The molecule has 1 aromatic carbocycles. The number of carbonyl (C=O) groups excluding carboxylic acids is 1. The molecule has 0 radical (unpaired) electrons. The van der Waals surface area contributed by atoms with Gasteiger partial charge < -0.3 is 15.5 Å². The van der Waals surface area contributed by atoms with E-state index >= 15 is 0 Å². The molecule has 2 fully saturated rings. The molecule has 5 nitrogen and oxygen atoms in total. The molecule has 0 spiro atoms. The van der Waals surface area contributed by atoms with Gasteiger partial charge in [-0.15, -0.1) is 0 Å². The van der Waals surface area contributed by atoms with E-state index in [2.05, 4.69) is 53.5 Å². The zero-order valence-electron chi connectivity index (χ0n) is 16.7. The largest absolute Gasteiger partial charge is 0.464 e. The van der Waals surface area contributed by atoms with Crippen molar-refractivity contribution in [2.24, 2.45) is 17.6 Å². The summed E-state index contributed by atoms with van der Waals surface area (Å²) in [6.07, 6.45) is 3.22. The fraction of sp³-hybridized carbons (Fsp3) is 0.522. The Morgan fingerprint density at radius 3 is 2.86 bits per heavy atom. The van der Waals surface area contributed by atoms with Gasteiger partial charge in [0, 0.05) is 25.6 Å². The number of furan rings is 1. The molecule has 2 aliphatic rings. The lowest BCUT2D eigenvalue weighted by molar-refractivity contribution is -0.123. The highest BCUT2D eigenvalue weighted by molar-refractivity contribution is 5.76. The molecule has 1 amide bonds. The highest BCUT2D eigenvalue weighted by Crippen LogP contribution is 2.47. The number of hydrogen-bond acceptors (Lipinski definition) is 4. The number of benzene rings is 1. The SMILES string of the molecule is CC1CC1c1ccc(CNCc2cccc(CN3CCCC(C(N)=O)C3)c2)o1. The van der Waals surface area contributed by atoms with Crippen molar-refractivity contribution in [3.63, 3.8) is 0 Å². The number of carbonyl (C=O) groups is 1. The molecule has 1 aliphatic carbocycles. The first-order chi connectivity index (χ1) is 13.6. The molecule has 1 aromatic heterocycles. The van der Waals surface area contributed by atoms with Crippen molar-refractivity contribution in [1.82, 2.24) is 10.2 Å². The Kier molecular flexibility index (Phi) is 5.83. The van der Waals surface area contributed by atoms with E-state index in [1.807, 2.05) is 0 Å². The van der Waals surface area contributed by atoms with Gasteiger partial charge in [-0.05, 0) is 55.0 Å². The van der Waals surface area contributed by atoms with E-state index in [0.717, 1.165) is 63.0 Å². The van der Waals surface area contributed by atoms with Gasteiger partial charge in [-0.1, -0.05) is 31.2 Å². The van der Waals surface area contributed by atoms with Gasteiger partial charge in [0.1, 0.15) is 11.5 Å². The molecule has 1 saturated heterocycles. The van der Waals surface area contributed by atoms with Crippen molar-refractivity contribution in [2.45, 2.75) is 51.7 Å². The second kappa shape index (κ2) is 8.50. The summed E-state index contributed by atoms with van der Waals surface area (Å²) in [5, 5.41) is 3.49. The van der Waals surface area contributed by atoms with Gasteiger partial charge in [-0.25, -0.2) is 0 Å². The Morgan fingerprint density at radius 1 is 1.25 bits per heavy atom. The minimum absolute atomic E-state index is 0.00425. The van der Waals surface area contributed by atoms with E-state index in [-0.39, 0.29) is 11.8 Å². The van der Waals surface area contributed by atoms with Crippen LogP contribution in [0.5, 0.6) is 0 Å². The maximum Gasteiger partial charge on any atom is 0.221 e. The van der Waals surface area contributed by atoms with Gasteiger partial charge in [0.05, 0.1) is 12.5 Å². The summed E-state index contributed by atoms with van der Waals surface area (Å²) in [5.41, 5.74) is 8.05. The third-order valence-corrected chi connectivity index (χ3v) is 6.09. The summed E-state index contributed by atoms with van der Waals surface area (Å²) in [5.74, 6) is 3.38. The van der Waals surface area contributed by atoms with Crippen LogP contribution in [-0.4, -0.2) is 23.9 Å². The summed E-state index contributed by atoms with van der Waals surface area (Å²) >= 11 is 0. The molecule has 2 heterocycles. The number of hydrogen-bond donors (Lipinski definition) is 2. The molecule has 1 saturated carbocycles. The topological polar surface area (TPSA) is 71.5 Å². The number of nitrogens with zero attached hydrogens (tertiary/aromatic N) is 1. The van der Waals surface area contributed by atoms with Gasteiger partial charge in [0.25, 0.3) is 0 Å². The van der Waals surface area contributed by atoms with E-state index in [0.29, 0.717) is 5.92 Å². The van der Waals surface area contributed by atoms with Gasteiger partial charge in [0.15, 0.2) is 0 Å². The number of nitrogens with one attached hydrogen (secondary N) is 1. The van der Waals surface area contributed by atoms with Crippen LogP contribution in [0.15, 0.2) is 40.8 Å². The predicted octanol–water partition coefficient (Wildman–Crippen LogP) is 3.39. The number of nitrogens with two attached hydrogens (primary N) is 1. The maximum absolute atomic E-state index is 11.5. The van der Waals surface area contributed by atoms with Crippen LogP contribution in [-0.2, 0) is 24.4 Å². The standard InChI is InChI=1S/C23H31N3O2/c1-16-10-21(16)22-8-7-20(28-22)13-25-12-17-4-2-5-18(11-17)14-26-9-3-6-19(15-26)23(24)27/h2,4-5,7-8,11,16,19,21,25H,3,6,9-10,12-15H2,1H3,(H2,24,27). The van der Waals surface area contributed by atoms with Crippen LogP contribution in [0.2, 0.25) is 0 Å². The molecule has 2 aromatic rings. The van der Waals surface area contributed by atoms with Crippen LogP contribution < -0.4 is 11.1 Å². The lowest BCUT2D eigenvalue weighted by Gasteiger charge is -2.31. The third-order valence-electron chi connectivity index (χ3n) is 6.09. The summed E-state index contributed by atoms with van der Waals surface area (Å²) in [6.45, 7) is 6.52. The minimum Gasteiger partial charge on any atom is -0.464 e. The van der Waals surface area contributed by atoms with E-state index < -0.39 is 0 Å². The summed E-state index contributed by atoms with van der Waals surface area (Å²) in [6, 6.07) is 12.9. The second-order valence-electron chi connectivity index (χ2n) is 8.52. The molecule has 3 atom stereocenters. The predicted molar refractivity (Wildman–Crippen MR) is 109 cm³/mol. The Bertz CT molecular complexity index is 816. The van der Waals surface area contributed by atoms with Gasteiger partial charge in [0.2, 0.25) is 5.91 Å². The molecule has 3 N–H and O–H groups in total. The smallest absolute Gasteiger partial charge is 0.221 e. The lowest BCUT2D eigenvalue weighted by atomic mass is 9.97. The van der Waals surface area contributed by atoms with Crippen LogP contribution in [0.3, 0.4) is 0 Å². The first kappa shape index (κ1) is 19.2. The lowest BCUT2D eigenvalue weighted by Crippen LogP contribution is -2.40. The first-order valence-corrected chi connectivity index (χ1v) is 10.5. The van der Waals surface area contributed by atoms with Gasteiger partial charge in [-0.3, -0.25) is 9.69 Å². The Labute approximate surface area is 167 Å². The molecule has 28 heavy (non-hydrogen) atoms. The average Bonchev–Trinajstić information content (AvgIpc) is 3.23. The number of primary amides is 1. The number of likely N-dealkylation sites (tertiary alicyclic amines) is 1. The minimum atomic E-state index is -0.167. The van der Waals surface area contributed by atoms with Gasteiger partial charge in [-0.2, -0.15) is 0 Å². The quantitative estimate of drug-likeness (QED) is 0.735. The van der Waals surface area contributed by atoms with E-state index in [1.54, 1.807) is 0 Å². The zero-order chi connectivity index (χ0) is 19.5. The number of rotatable bonds is 8. The molecule has 1 aliphatic heterocycles. The fourth-order valence-corrected chi connectivity index (χ4v) is 4.26. The van der Waals surface area contributed by atoms with Gasteiger partial charge >= 0.3 is 0 Å². The molecule has 5 heteroatoms. The normalized spacial score (nSPS) is 25.0. The van der Waals surface area contributed by atoms with Crippen molar-refractivity contribution in [3.05, 3.63) is 59.0 Å². The Hall–Kier alpha value is -2.11. The van der Waals surface area contributed by atoms with Crippen LogP contribution in [0.25, 0.3) is 0 Å². The highest BCUT2D eigenvalue weighted by atomic mass is 16.3. The maximum atomic E-state index is 11.5. The van der Waals surface area contributed by atoms with Crippen LogP contribution in [0.1, 0.15) is 54.8 Å². The van der Waals surface area contributed by atoms with Crippen molar-refractivity contribution in [1.29, 1.82) is 0 Å². The summed E-state index contributed by atoms with van der Waals surface area (Å²) < 4.78 is 5.96. The molecule has 150 valence electrons. The Balaban J connectivity index is 1.26.